The smallest absolute Gasteiger partial charge is 0.282 e. The van der Waals surface area contributed by atoms with Gasteiger partial charge in [0.05, 0.1) is 29.8 Å². The van der Waals surface area contributed by atoms with Crippen molar-refractivity contribution in [2.24, 2.45) is 4.99 Å². The number of ether oxygens (including phenoxy) is 2. The van der Waals surface area contributed by atoms with Crippen LogP contribution in [-0.4, -0.2) is 26.0 Å². The number of anilines is 1. The first kappa shape index (κ1) is 21.2. The van der Waals surface area contributed by atoms with E-state index in [9.17, 15) is 4.79 Å². The number of hydrogen-bond acceptors (Lipinski definition) is 5. The third kappa shape index (κ3) is 3.88. The Hall–Kier alpha value is -3.61. The molecular weight excluding hydrogens is 456 g/mol. The average molecular weight is 475 g/mol. The molecule has 0 saturated carbocycles. The predicted octanol–water partition coefficient (Wildman–Crippen LogP) is 6.41. The standard InChI is InChI=1S/C26H19ClN2O3S/c1-31-18-11-7-16(8-12-18)15-21-26(30)29(17-9-13-19(32-2)14-10-17)25(28-21)24-23(27)20-5-3-4-6-22(20)33-24/h3-15H,1-2H3/b21-15+. The largest absolute Gasteiger partial charge is 0.497 e. The summed E-state index contributed by atoms with van der Waals surface area (Å²) in [5.41, 5.74) is 1.87. The van der Waals surface area contributed by atoms with Crippen LogP contribution in [0.2, 0.25) is 5.02 Å². The Kier molecular flexibility index (Phi) is 5.62. The zero-order chi connectivity index (χ0) is 22.9. The SMILES string of the molecule is COc1ccc(/C=C2/N=C(c3sc4ccccc4c3Cl)N(c3ccc(OC)cc3)C2=O)cc1. The third-order valence-corrected chi connectivity index (χ3v) is 7.02. The van der Waals surface area contributed by atoms with Crippen LogP contribution in [0.4, 0.5) is 5.69 Å². The molecule has 1 aliphatic rings. The van der Waals surface area contributed by atoms with Crippen LogP contribution in [-0.2, 0) is 4.79 Å². The first-order chi connectivity index (χ1) is 16.1. The number of hydrogen-bond donors (Lipinski definition) is 0. The molecule has 0 bridgehead atoms. The van der Waals surface area contributed by atoms with Gasteiger partial charge in [-0.3, -0.25) is 9.69 Å². The number of carbonyl (C=O) groups is 1. The number of halogens is 1. The highest BCUT2D eigenvalue weighted by Crippen LogP contribution is 2.39. The fourth-order valence-corrected chi connectivity index (χ4v) is 5.15. The molecule has 164 valence electrons. The number of fused-ring (bicyclic) bond motifs is 1. The number of benzene rings is 3. The Morgan fingerprint density at radius 2 is 1.55 bits per heavy atom. The van der Waals surface area contributed by atoms with E-state index in [1.165, 1.54) is 11.3 Å². The summed E-state index contributed by atoms with van der Waals surface area (Å²) in [6.45, 7) is 0. The number of carbonyl (C=O) groups excluding carboxylic acids is 1. The molecule has 0 radical (unpaired) electrons. The molecule has 0 fully saturated rings. The number of rotatable bonds is 5. The van der Waals surface area contributed by atoms with Gasteiger partial charge in [-0.2, -0.15) is 0 Å². The lowest BCUT2D eigenvalue weighted by molar-refractivity contribution is -0.113. The number of aliphatic imine (C=N–C) groups is 1. The molecule has 1 amide bonds. The number of nitrogens with zero attached hydrogens (tertiary/aromatic N) is 2. The van der Waals surface area contributed by atoms with Gasteiger partial charge >= 0.3 is 0 Å². The Morgan fingerprint density at radius 3 is 2.18 bits per heavy atom. The van der Waals surface area contributed by atoms with E-state index < -0.39 is 0 Å². The van der Waals surface area contributed by atoms with Crippen LogP contribution in [0.5, 0.6) is 11.5 Å². The van der Waals surface area contributed by atoms with Crippen molar-refractivity contribution >= 4 is 56.5 Å². The number of methoxy groups -OCH3 is 2. The summed E-state index contributed by atoms with van der Waals surface area (Å²) in [6, 6.07) is 22.7. The van der Waals surface area contributed by atoms with Gasteiger partial charge in [-0.15, -0.1) is 11.3 Å². The zero-order valence-electron chi connectivity index (χ0n) is 17.9. The van der Waals surface area contributed by atoms with E-state index >= 15 is 0 Å². The Balaban J connectivity index is 1.64. The molecule has 0 unspecified atom stereocenters. The average Bonchev–Trinajstić information content (AvgIpc) is 3.36. The molecule has 0 N–H and O–H groups in total. The van der Waals surface area contributed by atoms with Crippen LogP contribution in [0, 0.1) is 0 Å². The molecule has 0 atom stereocenters. The molecule has 2 heterocycles. The fraction of sp³-hybridized carbons (Fsp3) is 0.0769. The van der Waals surface area contributed by atoms with Gasteiger partial charge in [-0.05, 0) is 54.1 Å². The maximum Gasteiger partial charge on any atom is 0.282 e. The normalized spacial score (nSPS) is 14.8. The van der Waals surface area contributed by atoms with Crippen LogP contribution < -0.4 is 14.4 Å². The minimum Gasteiger partial charge on any atom is -0.497 e. The molecule has 7 heteroatoms. The van der Waals surface area contributed by atoms with Gasteiger partial charge < -0.3 is 9.47 Å². The Bertz CT molecular complexity index is 1410. The summed E-state index contributed by atoms with van der Waals surface area (Å²) in [5.74, 6) is 1.74. The van der Waals surface area contributed by atoms with Crippen LogP contribution in [0.25, 0.3) is 16.2 Å². The molecular formula is C26H19ClN2O3S. The molecule has 0 spiro atoms. The van der Waals surface area contributed by atoms with Crippen LogP contribution in [0.3, 0.4) is 0 Å². The second-order valence-corrected chi connectivity index (χ2v) is 8.75. The van der Waals surface area contributed by atoms with Gasteiger partial charge in [0.25, 0.3) is 5.91 Å². The first-order valence-electron chi connectivity index (χ1n) is 10.2. The van der Waals surface area contributed by atoms with Crippen molar-refractivity contribution in [3.8, 4) is 11.5 Å². The second kappa shape index (κ2) is 8.73. The fourth-order valence-electron chi connectivity index (χ4n) is 3.66. The van der Waals surface area contributed by atoms with Crippen molar-refractivity contribution in [1.82, 2.24) is 0 Å². The summed E-state index contributed by atoms with van der Waals surface area (Å²) < 4.78 is 11.5. The topological polar surface area (TPSA) is 51.1 Å². The van der Waals surface area contributed by atoms with Gasteiger partial charge in [0.1, 0.15) is 17.2 Å². The molecule has 5 rings (SSSR count). The first-order valence-corrected chi connectivity index (χ1v) is 11.4. The molecule has 5 nitrogen and oxygen atoms in total. The van der Waals surface area contributed by atoms with Crippen molar-refractivity contribution < 1.29 is 14.3 Å². The lowest BCUT2D eigenvalue weighted by atomic mass is 10.2. The van der Waals surface area contributed by atoms with Gasteiger partial charge in [-0.1, -0.05) is 41.9 Å². The lowest BCUT2D eigenvalue weighted by Crippen LogP contribution is -2.32. The zero-order valence-corrected chi connectivity index (χ0v) is 19.5. The summed E-state index contributed by atoms with van der Waals surface area (Å²) in [4.78, 5) is 20.7. The van der Waals surface area contributed by atoms with E-state index in [0.29, 0.717) is 28.0 Å². The van der Waals surface area contributed by atoms with Crippen molar-refractivity contribution in [2.75, 3.05) is 19.1 Å². The van der Waals surface area contributed by atoms with E-state index in [4.69, 9.17) is 26.1 Å². The molecule has 4 aromatic rings. The monoisotopic (exact) mass is 474 g/mol. The summed E-state index contributed by atoms with van der Waals surface area (Å²) in [7, 11) is 3.22. The van der Waals surface area contributed by atoms with Crippen molar-refractivity contribution in [3.05, 3.63) is 94.0 Å². The molecule has 0 saturated heterocycles. The quantitative estimate of drug-likeness (QED) is 0.314. The molecule has 3 aromatic carbocycles. The van der Waals surface area contributed by atoms with E-state index in [-0.39, 0.29) is 5.91 Å². The predicted molar refractivity (Wildman–Crippen MR) is 135 cm³/mol. The highest BCUT2D eigenvalue weighted by molar-refractivity contribution is 7.21. The van der Waals surface area contributed by atoms with Gasteiger partial charge in [0.2, 0.25) is 0 Å². The Morgan fingerprint density at radius 1 is 0.909 bits per heavy atom. The van der Waals surface area contributed by atoms with E-state index in [2.05, 4.69) is 0 Å². The van der Waals surface area contributed by atoms with Crippen LogP contribution >= 0.6 is 22.9 Å². The molecule has 1 aromatic heterocycles. The Labute approximate surface area is 200 Å². The van der Waals surface area contributed by atoms with Gasteiger partial charge in [0, 0.05) is 10.1 Å². The van der Waals surface area contributed by atoms with Crippen LogP contribution in [0.15, 0.2) is 83.5 Å². The molecule has 1 aliphatic heterocycles. The maximum absolute atomic E-state index is 13.5. The van der Waals surface area contributed by atoms with E-state index in [0.717, 1.165) is 26.3 Å². The highest BCUT2D eigenvalue weighted by Gasteiger charge is 2.35. The van der Waals surface area contributed by atoms with Gasteiger partial charge in [0.15, 0.2) is 5.84 Å². The maximum atomic E-state index is 13.5. The number of amidine groups is 1. The third-order valence-electron chi connectivity index (χ3n) is 5.35. The number of amides is 1. The minimum atomic E-state index is -0.223. The van der Waals surface area contributed by atoms with Crippen molar-refractivity contribution in [2.45, 2.75) is 0 Å². The van der Waals surface area contributed by atoms with Gasteiger partial charge in [-0.25, -0.2) is 4.99 Å². The van der Waals surface area contributed by atoms with Crippen LogP contribution in [0.1, 0.15) is 10.4 Å². The summed E-state index contributed by atoms with van der Waals surface area (Å²) in [5, 5.41) is 1.53. The summed E-state index contributed by atoms with van der Waals surface area (Å²) >= 11 is 8.28. The lowest BCUT2D eigenvalue weighted by Gasteiger charge is -2.18. The second-order valence-electron chi connectivity index (χ2n) is 7.32. The summed E-state index contributed by atoms with van der Waals surface area (Å²) in [6.07, 6.45) is 1.77. The highest BCUT2D eigenvalue weighted by atomic mass is 35.5. The van der Waals surface area contributed by atoms with E-state index in [1.54, 1.807) is 25.2 Å². The van der Waals surface area contributed by atoms with Crippen molar-refractivity contribution in [3.63, 3.8) is 0 Å². The van der Waals surface area contributed by atoms with E-state index in [1.807, 2.05) is 72.8 Å². The molecule has 33 heavy (non-hydrogen) atoms. The minimum absolute atomic E-state index is 0.223. The number of thiophene rings is 1. The molecule has 0 aliphatic carbocycles. The van der Waals surface area contributed by atoms with Crippen molar-refractivity contribution in [1.29, 1.82) is 0 Å².